The van der Waals surface area contributed by atoms with Crippen molar-refractivity contribution in [2.24, 2.45) is 35.3 Å². The van der Waals surface area contributed by atoms with Gasteiger partial charge in [-0.3, -0.25) is 4.79 Å². The average molecular weight is 282 g/mol. The van der Waals surface area contributed by atoms with Crippen LogP contribution in [0.25, 0.3) is 0 Å². The minimum absolute atomic E-state index is 0.0810. The molecule has 0 bridgehead atoms. The van der Waals surface area contributed by atoms with Gasteiger partial charge in [-0.1, -0.05) is 41.0 Å². The molecule has 0 radical (unpaired) electrons. The highest BCUT2D eigenvalue weighted by Gasteiger charge is 2.35. The Morgan fingerprint density at radius 1 is 1.25 bits per heavy atom. The van der Waals surface area contributed by atoms with Crippen LogP contribution in [-0.2, 0) is 4.79 Å². The predicted molar refractivity (Wildman–Crippen MR) is 85.3 cm³/mol. The van der Waals surface area contributed by atoms with E-state index in [1.807, 2.05) is 0 Å². The van der Waals surface area contributed by atoms with Gasteiger partial charge in [-0.25, -0.2) is 0 Å². The highest BCUT2D eigenvalue weighted by molar-refractivity contribution is 5.79. The maximum Gasteiger partial charge on any atom is 0.223 e. The van der Waals surface area contributed by atoms with Crippen molar-refractivity contribution in [2.75, 3.05) is 6.54 Å². The molecular formula is C17H34N2O. The lowest BCUT2D eigenvalue weighted by atomic mass is 9.70. The number of carbonyl (C=O) groups excluding carboxylic acids is 1. The summed E-state index contributed by atoms with van der Waals surface area (Å²) in [5, 5.41) is 3.10. The molecule has 118 valence electrons. The first-order valence-corrected chi connectivity index (χ1v) is 8.34. The van der Waals surface area contributed by atoms with Gasteiger partial charge in [0.1, 0.15) is 0 Å². The molecule has 0 aromatic carbocycles. The molecule has 4 atom stereocenters. The summed E-state index contributed by atoms with van der Waals surface area (Å²) >= 11 is 0. The molecule has 1 rings (SSSR count). The molecule has 0 saturated heterocycles. The summed E-state index contributed by atoms with van der Waals surface area (Å²) in [5.74, 6) is 2.79. The van der Waals surface area contributed by atoms with Crippen LogP contribution in [0.1, 0.15) is 60.3 Å². The third-order valence-electron chi connectivity index (χ3n) is 4.67. The van der Waals surface area contributed by atoms with E-state index >= 15 is 0 Å². The Labute approximate surface area is 125 Å². The van der Waals surface area contributed by atoms with Crippen molar-refractivity contribution < 1.29 is 4.79 Å². The SMILES string of the molecule is CC(C)C[C@H](N)CNC(=O)[C@@H]1C[C@H](C)CC[C@H]1C(C)C. The van der Waals surface area contributed by atoms with Gasteiger partial charge in [0.25, 0.3) is 0 Å². The van der Waals surface area contributed by atoms with Crippen molar-refractivity contribution in [3.8, 4) is 0 Å². The zero-order chi connectivity index (χ0) is 15.3. The Bertz CT molecular complexity index is 301. The molecule has 0 aliphatic heterocycles. The summed E-state index contributed by atoms with van der Waals surface area (Å²) in [6, 6.07) is 0.0810. The summed E-state index contributed by atoms with van der Waals surface area (Å²) in [5.41, 5.74) is 6.06. The zero-order valence-corrected chi connectivity index (χ0v) is 14.0. The summed E-state index contributed by atoms with van der Waals surface area (Å²) in [4.78, 5) is 12.5. The molecule has 0 unspecified atom stereocenters. The van der Waals surface area contributed by atoms with Gasteiger partial charge >= 0.3 is 0 Å². The van der Waals surface area contributed by atoms with Crippen molar-refractivity contribution in [3.63, 3.8) is 0 Å². The number of rotatable bonds is 6. The van der Waals surface area contributed by atoms with Gasteiger partial charge < -0.3 is 11.1 Å². The van der Waals surface area contributed by atoms with Crippen LogP contribution in [0.4, 0.5) is 0 Å². The van der Waals surface area contributed by atoms with Gasteiger partial charge in [0, 0.05) is 18.5 Å². The topological polar surface area (TPSA) is 55.1 Å². The number of nitrogens with two attached hydrogens (primary N) is 1. The normalized spacial score (nSPS) is 28.7. The molecule has 0 spiro atoms. The maximum atomic E-state index is 12.5. The zero-order valence-electron chi connectivity index (χ0n) is 14.0. The van der Waals surface area contributed by atoms with Gasteiger partial charge in [0.05, 0.1) is 0 Å². The number of hydrogen-bond donors (Lipinski definition) is 2. The maximum absolute atomic E-state index is 12.5. The van der Waals surface area contributed by atoms with E-state index in [4.69, 9.17) is 5.73 Å². The molecule has 3 nitrogen and oxygen atoms in total. The standard InChI is InChI=1S/C17H34N2O/c1-11(2)8-14(18)10-19-17(20)16-9-13(5)6-7-15(16)12(3)4/h11-16H,6-10,18H2,1-5H3,(H,19,20)/t13-,14+,15+,16-/m1/s1. The predicted octanol–water partition coefficient (Wildman–Crippen LogP) is 3.18. The van der Waals surface area contributed by atoms with Crippen LogP contribution in [0.2, 0.25) is 0 Å². The lowest BCUT2D eigenvalue weighted by Crippen LogP contribution is -2.44. The van der Waals surface area contributed by atoms with Crippen LogP contribution in [0.15, 0.2) is 0 Å². The highest BCUT2D eigenvalue weighted by Crippen LogP contribution is 2.38. The summed E-state index contributed by atoms with van der Waals surface area (Å²) in [7, 11) is 0. The molecule has 0 heterocycles. The Balaban J connectivity index is 2.50. The molecule has 3 heteroatoms. The highest BCUT2D eigenvalue weighted by atomic mass is 16.1. The van der Waals surface area contributed by atoms with E-state index in [-0.39, 0.29) is 17.9 Å². The molecule has 1 saturated carbocycles. The molecule has 3 N–H and O–H groups in total. The fourth-order valence-electron chi connectivity index (χ4n) is 3.56. The summed E-state index contributed by atoms with van der Waals surface area (Å²) < 4.78 is 0. The first kappa shape index (κ1) is 17.5. The van der Waals surface area contributed by atoms with Gasteiger partial charge in [-0.05, 0) is 42.9 Å². The summed E-state index contributed by atoms with van der Waals surface area (Å²) in [6.07, 6.45) is 4.46. The van der Waals surface area contributed by atoms with Crippen molar-refractivity contribution >= 4 is 5.91 Å². The molecule has 1 aliphatic carbocycles. The minimum Gasteiger partial charge on any atom is -0.354 e. The second-order valence-electron chi connectivity index (χ2n) is 7.57. The number of carbonyl (C=O) groups is 1. The molecule has 20 heavy (non-hydrogen) atoms. The van der Waals surface area contributed by atoms with Crippen molar-refractivity contribution in [2.45, 2.75) is 66.3 Å². The van der Waals surface area contributed by atoms with E-state index in [1.54, 1.807) is 0 Å². The first-order valence-electron chi connectivity index (χ1n) is 8.34. The van der Waals surface area contributed by atoms with Crippen LogP contribution < -0.4 is 11.1 Å². The second kappa shape index (κ2) is 8.02. The molecule has 0 aromatic heterocycles. The van der Waals surface area contributed by atoms with Crippen molar-refractivity contribution in [3.05, 3.63) is 0 Å². The van der Waals surface area contributed by atoms with Crippen LogP contribution >= 0.6 is 0 Å². The van der Waals surface area contributed by atoms with Gasteiger partial charge in [0.15, 0.2) is 0 Å². The minimum atomic E-state index is 0.0810. The molecule has 1 amide bonds. The first-order chi connectivity index (χ1) is 9.31. The lowest BCUT2D eigenvalue weighted by molar-refractivity contribution is -0.129. The Kier molecular flexibility index (Phi) is 7.01. The molecule has 1 aliphatic rings. The van der Waals surface area contributed by atoms with Crippen LogP contribution in [0, 0.1) is 29.6 Å². The quantitative estimate of drug-likeness (QED) is 0.786. The Morgan fingerprint density at radius 3 is 2.45 bits per heavy atom. The van der Waals surface area contributed by atoms with E-state index < -0.39 is 0 Å². The fourth-order valence-corrected chi connectivity index (χ4v) is 3.56. The van der Waals surface area contributed by atoms with E-state index in [2.05, 4.69) is 39.9 Å². The van der Waals surface area contributed by atoms with Gasteiger partial charge in [0.2, 0.25) is 5.91 Å². The van der Waals surface area contributed by atoms with E-state index in [0.29, 0.717) is 30.2 Å². The van der Waals surface area contributed by atoms with Crippen molar-refractivity contribution in [1.29, 1.82) is 0 Å². The molecular weight excluding hydrogens is 248 g/mol. The average Bonchev–Trinajstić information content (AvgIpc) is 2.34. The lowest BCUT2D eigenvalue weighted by Gasteiger charge is -2.36. The largest absolute Gasteiger partial charge is 0.354 e. The third kappa shape index (κ3) is 5.43. The monoisotopic (exact) mass is 282 g/mol. The van der Waals surface area contributed by atoms with E-state index in [9.17, 15) is 4.79 Å². The third-order valence-corrected chi connectivity index (χ3v) is 4.67. The molecule has 0 aromatic rings. The number of amides is 1. The number of hydrogen-bond acceptors (Lipinski definition) is 2. The smallest absolute Gasteiger partial charge is 0.223 e. The summed E-state index contributed by atoms with van der Waals surface area (Å²) in [6.45, 7) is 11.7. The van der Waals surface area contributed by atoms with E-state index in [1.165, 1.54) is 12.8 Å². The Hall–Kier alpha value is -0.570. The van der Waals surface area contributed by atoms with Crippen LogP contribution in [0.5, 0.6) is 0 Å². The second-order valence-corrected chi connectivity index (χ2v) is 7.57. The Morgan fingerprint density at radius 2 is 1.90 bits per heavy atom. The fraction of sp³-hybridized carbons (Fsp3) is 0.941. The van der Waals surface area contributed by atoms with Crippen molar-refractivity contribution in [1.82, 2.24) is 5.32 Å². The van der Waals surface area contributed by atoms with Crippen LogP contribution in [0.3, 0.4) is 0 Å². The van der Waals surface area contributed by atoms with Gasteiger partial charge in [-0.15, -0.1) is 0 Å². The molecule has 1 fully saturated rings. The van der Waals surface area contributed by atoms with Gasteiger partial charge in [-0.2, -0.15) is 0 Å². The number of nitrogens with one attached hydrogen (secondary N) is 1. The van der Waals surface area contributed by atoms with E-state index in [0.717, 1.165) is 12.8 Å². The van der Waals surface area contributed by atoms with Crippen LogP contribution in [-0.4, -0.2) is 18.5 Å².